The van der Waals surface area contributed by atoms with Crippen molar-refractivity contribution in [2.45, 2.75) is 112 Å². The van der Waals surface area contributed by atoms with E-state index < -0.39 is 47.1 Å². The van der Waals surface area contributed by atoms with Crippen LogP contribution in [0.3, 0.4) is 0 Å². The van der Waals surface area contributed by atoms with Gasteiger partial charge in [-0.2, -0.15) is 0 Å². The number of nitrogens with zero attached hydrogens (tertiary/aromatic N) is 1. The van der Waals surface area contributed by atoms with E-state index in [-0.39, 0.29) is 33.9 Å². The number of carbonyl (C=O) groups excluding carboxylic acids is 3. The molecule has 4 aromatic rings. The van der Waals surface area contributed by atoms with Crippen LogP contribution in [0.25, 0.3) is 0 Å². The van der Waals surface area contributed by atoms with Gasteiger partial charge in [0.15, 0.2) is 0 Å². The van der Waals surface area contributed by atoms with Gasteiger partial charge in [-0.25, -0.2) is 4.79 Å². The second-order valence-corrected chi connectivity index (χ2v) is 18.3. The van der Waals surface area contributed by atoms with Crippen LogP contribution in [0.5, 0.6) is 0 Å². The number of esters is 1. The Labute approximate surface area is 350 Å². The van der Waals surface area contributed by atoms with E-state index in [4.69, 9.17) is 27.9 Å². The molecule has 8 rings (SSSR count). The van der Waals surface area contributed by atoms with Gasteiger partial charge in [-0.3, -0.25) is 14.5 Å². The number of benzene rings is 4. The summed E-state index contributed by atoms with van der Waals surface area (Å²) in [6.07, 6.45) is 3.22. The van der Waals surface area contributed by atoms with Crippen LogP contribution in [0.2, 0.25) is 10.0 Å². The van der Waals surface area contributed by atoms with Crippen LogP contribution in [0.1, 0.15) is 116 Å². The molecule has 2 amide bonds. The molecule has 9 nitrogen and oxygen atoms in total. The van der Waals surface area contributed by atoms with Gasteiger partial charge in [0, 0.05) is 33.2 Å². The number of ether oxygens (including phenoxy) is 1. The normalized spacial score (nSPS) is 27.1. The van der Waals surface area contributed by atoms with Crippen LogP contribution in [-0.2, 0) is 19.7 Å². The highest BCUT2D eigenvalue weighted by molar-refractivity contribution is 6.31. The van der Waals surface area contributed by atoms with Crippen molar-refractivity contribution >= 4 is 46.7 Å². The quantitative estimate of drug-likeness (QED) is 0.131. The minimum atomic E-state index is -1.45. The number of carbonyl (C=O) groups is 3. The lowest BCUT2D eigenvalue weighted by molar-refractivity contribution is -0.137. The zero-order chi connectivity index (χ0) is 41.0. The number of hydrogen-bond acceptors (Lipinski definition) is 7. The van der Waals surface area contributed by atoms with Gasteiger partial charge in [-0.1, -0.05) is 104 Å². The number of likely N-dealkylation sites (tertiary alicyclic amines) is 1. The molecule has 2 aliphatic carbocycles. The third kappa shape index (κ3) is 6.82. The number of aliphatic hydroxyl groups excluding tert-OH is 2. The number of aliphatic hydroxyl groups is 2. The number of nitrogens with one attached hydrogen (secondary N) is 2. The Hall–Kier alpha value is -4.25. The number of anilines is 1. The molecular formula is C47H51Cl2N3O6. The second-order valence-electron chi connectivity index (χ2n) is 17.5. The summed E-state index contributed by atoms with van der Waals surface area (Å²) in [6, 6.07) is 27.5. The summed E-state index contributed by atoms with van der Waals surface area (Å²) in [5.74, 6) is -2.12. The topological polar surface area (TPSA) is 128 Å². The van der Waals surface area contributed by atoms with Crippen molar-refractivity contribution in [1.29, 1.82) is 0 Å². The van der Waals surface area contributed by atoms with Crippen molar-refractivity contribution in [1.82, 2.24) is 10.2 Å². The van der Waals surface area contributed by atoms with Gasteiger partial charge in [-0.15, -0.1) is 0 Å². The van der Waals surface area contributed by atoms with Crippen LogP contribution in [0, 0.1) is 5.41 Å². The molecule has 0 aromatic heterocycles. The molecule has 304 valence electrons. The molecule has 2 aliphatic heterocycles. The van der Waals surface area contributed by atoms with Gasteiger partial charge >= 0.3 is 5.97 Å². The smallest absolute Gasteiger partial charge is 0.337 e. The molecule has 2 spiro atoms. The van der Waals surface area contributed by atoms with E-state index in [2.05, 4.69) is 29.4 Å². The summed E-state index contributed by atoms with van der Waals surface area (Å²) in [6.45, 7) is 4.47. The Balaban J connectivity index is 1.48. The Morgan fingerprint density at radius 3 is 2.12 bits per heavy atom. The van der Waals surface area contributed by atoms with Crippen LogP contribution < -0.4 is 10.6 Å². The summed E-state index contributed by atoms with van der Waals surface area (Å²) >= 11 is 13.6. The number of amides is 2. The van der Waals surface area contributed by atoms with E-state index in [0.29, 0.717) is 65.9 Å². The largest absolute Gasteiger partial charge is 0.465 e. The fourth-order valence-electron chi connectivity index (χ4n) is 10.9. The van der Waals surface area contributed by atoms with Crippen molar-refractivity contribution in [3.63, 3.8) is 0 Å². The van der Waals surface area contributed by atoms with Crippen LogP contribution in [-0.4, -0.2) is 63.7 Å². The first-order valence-electron chi connectivity index (χ1n) is 20.3. The maximum absolute atomic E-state index is 15.8. The molecule has 0 radical (unpaired) electrons. The van der Waals surface area contributed by atoms with Gasteiger partial charge in [0.25, 0.3) is 0 Å². The molecule has 0 bridgehead atoms. The fourth-order valence-corrected chi connectivity index (χ4v) is 11.3. The molecule has 2 heterocycles. The number of rotatable bonds is 8. The van der Waals surface area contributed by atoms with Gasteiger partial charge in [-0.05, 0) is 109 Å². The SMILES string of the molecule is COC(=O)c1cc(Cl)cc([C@H]2[C@H](C(=O)N[C@H]3CC[C@H](O)CC3)N([C@H](c3ccccc3)[C@@H](O)c3ccccc3)C3(CCC(C)(C)CC3)C23C(=O)Nc2cc(Cl)ccc23)c1. The standard InChI is InChI=1S/C47H51Cl2N3O6/c1-45(2)20-22-46(23-21-45)47(36-19-14-32(48)27-37(36)51-44(47)57)38(30-24-31(43(56)58-3)26-33(49)25-30)40(42(55)50-34-15-17-35(53)18-16-34)52(46)39(28-10-6-4-7-11-28)41(54)29-12-8-5-9-13-29/h4-14,19,24-27,34-35,38-41,53-54H,15-18,20-23H2,1-3H3,(H,50,55)(H,51,57)/t34-,35-,38-,39+,40+,41-,47?/m0/s1. The summed E-state index contributed by atoms with van der Waals surface area (Å²) < 4.78 is 5.20. The fraction of sp³-hybridized carbons (Fsp3) is 0.426. The van der Waals surface area contributed by atoms with Crippen molar-refractivity contribution in [2.75, 3.05) is 12.4 Å². The number of fused-ring (bicyclic) bond motifs is 3. The first-order valence-corrected chi connectivity index (χ1v) is 21.1. The molecular weight excluding hydrogens is 773 g/mol. The Kier molecular flexibility index (Phi) is 11.0. The predicted molar refractivity (Wildman–Crippen MR) is 225 cm³/mol. The van der Waals surface area contributed by atoms with E-state index in [1.54, 1.807) is 24.3 Å². The molecule has 2 saturated carbocycles. The maximum atomic E-state index is 15.8. The Bertz CT molecular complexity index is 2180. The highest BCUT2D eigenvalue weighted by Crippen LogP contribution is 2.69. The zero-order valence-corrected chi connectivity index (χ0v) is 34.6. The van der Waals surface area contributed by atoms with Crippen molar-refractivity contribution in [3.05, 3.63) is 135 Å². The van der Waals surface area contributed by atoms with E-state index in [1.165, 1.54) is 13.2 Å². The zero-order valence-electron chi connectivity index (χ0n) is 33.1. The highest BCUT2D eigenvalue weighted by Gasteiger charge is 2.77. The summed E-state index contributed by atoms with van der Waals surface area (Å²) in [7, 11) is 1.30. The first-order chi connectivity index (χ1) is 27.8. The van der Waals surface area contributed by atoms with E-state index in [0.717, 1.165) is 18.4 Å². The molecule has 5 atom stereocenters. The van der Waals surface area contributed by atoms with Crippen molar-refractivity contribution in [3.8, 4) is 0 Å². The van der Waals surface area contributed by atoms with Crippen molar-refractivity contribution < 1.29 is 29.3 Å². The van der Waals surface area contributed by atoms with Crippen LogP contribution >= 0.6 is 23.2 Å². The number of methoxy groups -OCH3 is 1. The van der Waals surface area contributed by atoms with E-state index in [9.17, 15) is 15.0 Å². The lowest BCUT2D eigenvalue weighted by atomic mass is 9.53. The Morgan fingerprint density at radius 1 is 0.845 bits per heavy atom. The highest BCUT2D eigenvalue weighted by atomic mass is 35.5. The lowest BCUT2D eigenvalue weighted by Gasteiger charge is -2.56. The maximum Gasteiger partial charge on any atom is 0.337 e. The molecule has 1 saturated heterocycles. The van der Waals surface area contributed by atoms with Gasteiger partial charge in [0.1, 0.15) is 5.41 Å². The third-order valence-corrected chi connectivity index (χ3v) is 14.1. The molecule has 1 unspecified atom stereocenters. The Morgan fingerprint density at radius 2 is 1.48 bits per heavy atom. The van der Waals surface area contributed by atoms with Crippen molar-refractivity contribution in [2.24, 2.45) is 5.41 Å². The first kappa shape index (κ1) is 40.5. The minimum Gasteiger partial charge on any atom is -0.465 e. The van der Waals surface area contributed by atoms with Gasteiger partial charge in [0.2, 0.25) is 11.8 Å². The summed E-state index contributed by atoms with van der Waals surface area (Å²) in [5.41, 5.74) is 0.823. The number of halogens is 2. The molecule has 58 heavy (non-hydrogen) atoms. The molecule has 3 fully saturated rings. The minimum absolute atomic E-state index is 0.0802. The van der Waals surface area contributed by atoms with E-state index in [1.807, 2.05) is 66.7 Å². The molecule has 4 aromatic carbocycles. The third-order valence-electron chi connectivity index (χ3n) is 13.6. The monoisotopic (exact) mass is 823 g/mol. The van der Waals surface area contributed by atoms with Crippen LogP contribution in [0.4, 0.5) is 5.69 Å². The van der Waals surface area contributed by atoms with Gasteiger partial charge < -0.3 is 25.6 Å². The molecule has 11 heteroatoms. The van der Waals surface area contributed by atoms with Gasteiger partial charge in [0.05, 0.1) is 37.0 Å². The van der Waals surface area contributed by atoms with E-state index >= 15 is 9.59 Å². The molecule has 4 N–H and O–H groups in total. The lowest BCUT2D eigenvalue weighted by Crippen LogP contribution is -2.64. The average molecular weight is 825 g/mol. The predicted octanol–water partition coefficient (Wildman–Crippen LogP) is 8.67. The second kappa shape index (κ2) is 15.7. The summed E-state index contributed by atoms with van der Waals surface area (Å²) in [5, 5.41) is 30.7. The molecule has 4 aliphatic rings. The van der Waals surface area contributed by atoms with Crippen LogP contribution in [0.15, 0.2) is 97.1 Å². The summed E-state index contributed by atoms with van der Waals surface area (Å²) in [4.78, 5) is 47.1. The number of hydrogen-bond donors (Lipinski definition) is 4. The average Bonchev–Trinajstić information content (AvgIpc) is 3.65.